The maximum absolute atomic E-state index is 10.4. The minimum Gasteiger partial charge on any atom is -0.332 e. The van der Waals surface area contributed by atoms with Gasteiger partial charge >= 0.3 is 0 Å². The minimum atomic E-state index is 0.553. The Morgan fingerprint density at radius 1 is 1.36 bits per heavy atom. The molecule has 1 aliphatic heterocycles. The number of hydrogen-bond donors (Lipinski definition) is 0. The van der Waals surface area contributed by atoms with Gasteiger partial charge in [-0.25, -0.2) is 0 Å². The van der Waals surface area contributed by atoms with Crippen molar-refractivity contribution in [1.29, 1.82) is 0 Å². The molecule has 0 aromatic rings. The second-order valence-electron chi connectivity index (χ2n) is 3.32. The summed E-state index contributed by atoms with van der Waals surface area (Å²) in [6.45, 7) is 7.18. The Bertz CT molecular complexity index is 136. The van der Waals surface area contributed by atoms with Crippen molar-refractivity contribution in [2.45, 2.75) is 26.3 Å². The van der Waals surface area contributed by atoms with Crippen LogP contribution in [0, 0.1) is 0 Å². The van der Waals surface area contributed by atoms with Crippen LogP contribution in [0.25, 0.3) is 0 Å². The van der Waals surface area contributed by atoms with E-state index in [9.17, 15) is 4.79 Å². The standard InChI is InChI=1S/C8H16N2O/c1-8(2)10-5-3-4-9(6-10)7-11/h7-8H,3-6H2,1-2H3. The van der Waals surface area contributed by atoms with Crippen molar-refractivity contribution in [3.63, 3.8) is 0 Å². The molecule has 0 aromatic heterocycles. The van der Waals surface area contributed by atoms with E-state index in [0.717, 1.165) is 32.6 Å². The molecule has 0 bridgehead atoms. The van der Waals surface area contributed by atoms with Crippen LogP contribution in [-0.2, 0) is 4.79 Å². The highest BCUT2D eigenvalue weighted by Crippen LogP contribution is 2.06. The third kappa shape index (κ3) is 2.19. The maximum atomic E-state index is 10.4. The van der Waals surface area contributed by atoms with Gasteiger partial charge in [0.25, 0.3) is 0 Å². The number of rotatable bonds is 2. The quantitative estimate of drug-likeness (QED) is 0.544. The lowest BCUT2D eigenvalue weighted by Crippen LogP contribution is -2.46. The van der Waals surface area contributed by atoms with Gasteiger partial charge in [0.15, 0.2) is 0 Å². The Morgan fingerprint density at radius 3 is 2.64 bits per heavy atom. The Hall–Kier alpha value is -0.570. The van der Waals surface area contributed by atoms with E-state index in [1.807, 2.05) is 4.90 Å². The van der Waals surface area contributed by atoms with Crippen molar-refractivity contribution in [1.82, 2.24) is 9.80 Å². The average molecular weight is 156 g/mol. The molecule has 1 rings (SSSR count). The molecule has 0 saturated carbocycles. The summed E-state index contributed by atoms with van der Waals surface area (Å²) in [6, 6.07) is 0.553. The molecular weight excluding hydrogens is 140 g/mol. The molecule has 0 atom stereocenters. The summed E-state index contributed by atoms with van der Waals surface area (Å²) < 4.78 is 0. The zero-order valence-corrected chi connectivity index (χ0v) is 7.29. The van der Waals surface area contributed by atoms with E-state index in [2.05, 4.69) is 18.7 Å². The van der Waals surface area contributed by atoms with Crippen molar-refractivity contribution in [2.24, 2.45) is 0 Å². The smallest absolute Gasteiger partial charge is 0.210 e. The van der Waals surface area contributed by atoms with Gasteiger partial charge in [-0.2, -0.15) is 0 Å². The van der Waals surface area contributed by atoms with E-state index < -0.39 is 0 Å². The molecule has 11 heavy (non-hydrogen) atoms. The van der Waals surface area contributed by atoms with Crippen molar-refractivity contribution in [2.75, 3.05) is 19.8 Å². The van der Waals surface area contributed by atoms with E-state index in [0.29, 0.717) is 6.04 Å². The summed E-state index contributed by atoms with van der Waals surface area (Å²) >= 11 is 0. The molecule has 0 aromatic carbocycles. The summed E-state index contributed by atoms with van der Waals surface area (Å²) in [5, 5.41) is 0. The number of nitrogens with zero attached hydrogens (tertiary/aromatic N) is 2. The third-order valence-corrected chi connectivity index (χ3v) is 2.13. The average Bonchev–Trinajstić information content (AvgIpc) is 2.05. The van der Waals surface area contributed by atoms with Crippen LogP contribution in [0.2, 0.25) is 0 Å². The highest BCUT2D eigenvalue weighted by molar-refractivity contribution is 5.46. The zero-order chi connectivity index (χ0) is 8.27. The van der Waals surface area contributed by atoms with Gasteiger partial charge < -0.3 is 4.90 Å². The Kier molecular flexibility index (Phi) is 2.88. The van der Waals surface area contributed by atoms with Crippen molar-refractivity contribution >= 4 is 6.41 Å². The molecule has 3 nitrogen and oxygen atoms in total. The predicted octanol–water partition coefficient (Wildman–Crippen LogP) is 0.516. The first-order valence-electron chi connectivity index (χ1n) is 4.17. The van der Waals surface area contributed by atoms with Gasteiger partial charge in [0, 0.05) is 19.1 Å². The number of amides is 1. The van der Waals surface area contributed by atoms with Crippen molar-refractivity contribution in [3.05, 3.63) is 0 Å². The van der Waals surface area contributed by atoms with E-state index >= 15 is 0 Å². The van der Waals surface area contributed by atoms with Gasteiger partial charge in [0.1, 0.15) is 0 Å². The number of carbonyl (C=O) groups is 1. The van der Waals surface area contributed by atoms with E-state index in [-0.39, 0.29) is 0 Å². The fraction of sp³-hybridized carbons (Fsp3) is 0.875. The van der Waals surface area contributed by atoms with E-state index in [1.54, 1.807) is 0 Å². The van der Waals surface area contributed by atoms with E-state index in [4.69, 9.17) is 0 Å². The first-order chi connectivity index (χ1) is 5.24. The maximum Gasteiger partial charge on any atom is 0.210 e. The van der Waals surface area contributed by atoms with Crippen LogP contribution < -0.4 is 0 Å². The number of hydrogen-bond acceptors (Lipinski definition) is 2. The molecule has 64 valence electrons. The predicted molar refractivity (Wildman–Crippen MR) is 44.1 cm³/mol. The fourth-order valence-corrected chi connectivity index (χ4v) is 1.36. The lowest BCUT2D eigenvalue weighted by molar-refractivity contribution is -0.122. The molecular formula is C8H16N2O. The Labute approximate surface area is 68.0 Å². The van der Waals surface area contributed by atoms with Gasteiger partial charge in [0.05, 0.1) is 6.67 Å². The van der Waals surface area contributed by atoms with Gasteiger partial charge in [-0.3, -0.25) is 9.69 Å². The van der Waals surface area contributed by atoms with Gasteiger partial charge in [0.2, 0.25) is 6.41 Å². The van der Waals surface area contributed by atoms with Crippen LogP contribution in [-0.4, -0.2) is 42.0 Å². The van der Waals surface area contributed by atoms with Crippen LogP contribution in [0.3, 0.4) is 0 Å². The molecule has 0 N–H and O–H groups in total. The van der Waals surface area contributed by atoms with Crippen LogP contribution >= 0.6 is 0 Å². The van der Waals surface area contributed by atoms with Crippen molar-refractivity contribution < 1.29 is 4.79 Å². The summed E-state index contributed by atoms with van der Waals surface area (Å²) in [4.78, 5) is 14.6. The molecule has 0 unspecified atom stereocenters. The van der Waals surface area contributed by atoms with Crippen LogP contribution in [0.4, 0.5) is 0 Å². The molecule has 3 heteroatoms. The molecule has 0 aliphatic carbocycles. The van der Waals surface area contributed by atoms with Gasteiger partial charge in [-0.1, -0.05) is 0 Å². The molecule has 1 fully saturated rings. The number of carbonyl (C=O) groups excluding carboxylic acids is 1. The summed E-state index contributed by atoms with van der Waals surface area (Å²) in [7, 11) is 0. The van der Waals surface area contributed by atoms with Crippen LogP contribution in [0.15, 0.2) is 0 Å². The lowest BCUT2D eigenvalue weighted by atomic mass is 10.2. The normalized spacial score (nSPS) is 20.8. The Balaban J connectivity index is 2.39. The van der Waals surface area contributed by atoms with Crippen LogP contribution in [0.5, 0.6) is 0 Å². The molecule has 1 saturated heterocycles. The topological polar surface area (TPSA) is 23.6 Å². The SMILES string of the molecule is CC(C)N1CCCN(C=O)C1. The monoisotopic (exact) mass is 156 g/mol. The minimum absolute atomic E-state index is 0.553. The Morgan fingerprint density at radius 2 is 2.09 bits per heavy atom. The molecule has 0 spiro atoms. The summed E-state index contributed by atoms with van der Waals surface area (Å²) in [6.07, 6.45) is 2.05. The van der Waals surface area contributed by atoms with E-state index in [1.165, 1.54) is 0 Å². The molecule has 1 amide bonds. The highest BCUT2D eigenvalue weighted by atomic mass is 16.1. The first kappa shape index (κ1) is 8.53. The van der Waals surface area contributed by atoms with Crippen LogP contribution in [0.1, 0.15) is 20.3 Å². The second-order valence-corrected chi connectivity index (χ2v) is 3.32. The third-order valence-electron chi connectivity index (χ3n) is 2.13. The second kappa shape index (κ2) is 3.72. The summed E-state index contributed by atoms with van der Waals surface area (Å²) in [5.74, 6) is 0. The fourth-order valence-electron chi connectivity index (χ4n) is 1.36. The summed E-state index contributed by atoms with van der Waals surface area (Å²) in [5.41, 5.74) is 0. The van der Waals surface area contributed by atoms with Gasteiger partial charge in [-0.05, 0) is 20.3 Å². The molecule has 1 aliphatic rings. The van der Waals surface area contributed by atoms with Gasteiger partial charge in [-0.15, -0.1) is 0 Å². The molecule has 1 heterocycles. The van der Waals surface area contributed by atoms with Crippen molar-refractivity contribution in [3.8, 4) is 0 Å². The largest absolute Gasteiger partial charge is 0.332 e. The molecule has 0 radical (unpaired) electrons. The highest BCUT2D eigenvalue weighted by Gasteiger charge is 2.17. The lowest BCUT2D eigenvalue weighted by Gasteiger charge is -2.35. The first-order valence-corrected chi connectivity index (χ1v) is 4.17. The zero-order valence-electron chi connectivity index (χ0n) is 7.29.